The first-order valence-electron chi connectivity index (χ1n) is 8.63. The fraction of sp³-hybridized carbons (Fsp3) is 0.278. The molecule has 1 aliphatic rings. The molecule has 1 saturated heterocycles. The lowest BCUT2D eigenvalue weighted by atomic mass is 9.74. The van der Waals surface area contributed by atoms with Gasteiger partial charge in [-0.25, -0.2) is 14.4 Å². The lowest BCUT2D eigenvalue weighted by Crippen LogP contribution is -2.57. The summed E-state index contributed by atoms with van der Waals surface area (Å²) in [5.41, 5.74) is 1.45. The van der Waals surface area contributed by atoms with Gasteiger partial charge in [-0.1, -0.05) is 13.8 Å². The standard InChI is InChI=1S/C18H17FN8/c1-18(2)11-26(16-17-22-23-24-27(17)10-8-21-16)14(18)15-20-7-9-25(15)13-5-3-12(19)4-6-13/h3-10,14H,11H2,1-2H3. The number of fused-ring (bicyclic) bond motifs is 1. The maximum absolute atomic E-state index is 13.3. The van der Waals surface area contributed by atoms with Crippen molar-refractivity contribution in [3.05, 3.63) is 60.7 Å². The molecule has 0 N–H and O–H groups in total. The molecule has 27 heavy (non-hydrogen) atoms. The van der Waals surface area contributed by atoms with Gasteiger partial charge < -0.3 is 9.47 Å². The maximum atomic E-state index is 13.3. The van der Waals surface area contributed by atoms with Crippen LogP contribution in [0.25, 0.3) is 11.3 Å². The van der Waals surface area contributed by atoms with E-state index in [1.54, 1.807) is 35.2 Å². The van der Waals surface area contributed by atoms with Gasteiger partial charge in [0, 0.05) is 36.2 Å². The van der Waals surface area contributed by atoms with Crippen LogP contribution >= 0.6 is 0 Å². The van der Waals surface area contributed by atoms with Crippen molar-refractivity contribution in [2.45, 2.75) is 19.9 Å². The summed E-state index contributed by atoms with van der Waals surface area (Å²) in [5, 5.41) is 11.8. The molecule has 1 aliphatic heterocycles. The number of halogens is 1. The van der Waals surface area contributed by atoms with E-state index in [-0.39, 0.29) is 17.3 Å². The molecule has 1 aromatic carbocycles. The van der Waals surface area contributed by atoms with E-state index in [2.05, 4.69) is 44.2 Å². The van der Waals surface area contributed by atoms with Crippen LogP contribution in [0, 0.1) is 11.2 Å². The minimum atomic E-state index is -0.263. The Kier molecular flexibility index (Phi) is 3.27. The molecule has 8 nitrogen and oxygen atoms in total. The third kappa shape index (κ3) is 2.38. The molecule has 0 radical (unpaired) electrons. The summed E-state index contributed by atoms with van der Waals surface area (Å²) in [4.78, 5) is 11.3. The molecular formula is C18H17FN8. The van der Waals surface area contributed by atoms with Crippen LogP contribution in [0.5, 0.6) is 0 Å². The van der Waals surface area contributed by atoms with Crippen molar-refractivity contribution in [3.8, 4) is 5.69 Å². The summed E-state index contributed by atoms with van der Waals surface area (Å²) in [6.45, 7) is 5.19. The molecule has 0 saturated carbocycles. The van der Waals surface area contributed by atoms with Crippen molar-refractivity contribution in [1.82, 2.24) is 34.6 Å². The van der Waals surface area contributed by atoms with Crippen LogP contribution in [0.2, 0.25) is 0 Å². The van der Waals surface area contributed by atoms with Crippen LogP contribution in [-0.4, -0.2) is 41.1 Å². The summed E-state index contributed by atoms with van der Waals surface area (Å²) in [6, 6.07) is 6.38. The van der Waals surface area contributed by atoms with E-state index in [0.29, 0.717) is 5.65 Å². The van der Waals surface area contributed by atoms with E-state index in [9.17, 15) is 4.39 Å². The van der Waals surface area contributed by atoms with Gasteiger partial charge >= 0.3 is 0 Å². The fourth-order valence-corrected chi connectivity index (χ4v) is 3.82. The van der Waals surface area contributed by atoms with Crippen molar-refractivity contribution < 1.29 is 4.39 Å². The lowest BCUT2D eigenvalue weighted by Gasteiger charge is -2.54. The van der Waals surface area contributed by atoms with Gasteiger partial charge in [-0.2, -0.15) is 4.52 Å². The molecule has 136 valence electrons. The Hall–Kier alpha value is -3.36. The van der Waals surface area contributed by atoms with Gasteiger partial charge in [0.15, 0.2) is 5.82 Å². The summed E-state index contributed by atoms with van der Waals surface area (Å²) < 4.78 is 16.9. The minimum absolute atomic E-state index is 0.0204. The van der Waals surface area contributed by atoms with Crippen molar-refractivity contribution in [2.24, 2.45) is 5.41 Å². The molecule has 5 rings (SSSR count). The van der Waals surface area contributed by atoms with E-state index < -0.39 is 0 Å². The minimum Gasteiger partial charge on any atom is -0.342 e. The lowest BCUT2D eigenvalue weighted by molar-refractivity contribution is 0.169. The summed E-state index contributed by atoms with van der Waals surface area (Å²) >= 11 is 0. The third-order valence-electron chi connectivity index (χ3n) is 5.02. The number of hydrogen-bond acceptors (Lipinski definition) is 6. The first kappa shape index (κ1) is 15.9. The molecule has 0 bridgehead atoms. The number of anilines is 1. The highest BCUT2D eigenvalue weighted by molar-refractivity contribution is 5.65. The van der Waals surface area contributed by atoms with Crippen molar-refractivity contribution in [3.63, 3.8) is 0 Å². The highest BCUT2D eigenvalue weighted by Gasteiger charge is 2.50. The highest BCUT2D eigenvalue weighted by atomic mass is 19.1. The summed E-state index contributed by atoms with van der Waals surface area (Å²) in [5.74, 6) is 1.33. The van der Waals surface area contributed by atoms with Crippen LogP contribution in [0.3, 0.4) is 0 Å². The van der Waals surface area contributed by atoms with E-state index in [0.717, 1.165) is 23.9 Å². The topological polar surface area (TPSA) is 77.0 Å². The number of rotatable bonds is 3. The van der Waals surface area contributed by atoms with Gasteiger partial charge in [-0.05, 0) is 34.7 Å². The molecule has 0 aliphatic carbocycles. The Morgan fingerprint density at radius 3 is 2.63 bits per heavy atom. The zero-order chi connectivity index (χ0) is 18.6. The van der Waals surface area contributed by atoms with Crippen molar-refractivity contribution in [1.29, 1.82) is 0 Å². The maximum Gasteiger partial charge on any atom is 0.222 e. The first-order chi connectivity index (χ1) is 13.0. The molecule has 9 heteroatoms. The SMILES string of the molecule is CC1(C)CN(c2nccn3nnnc23)C1c1nccn1-c1ccc(F)cc1. The van der Waals surface area contributed by atoms with Gasteiger partial charge in [-0.3, -0.25) is 0 Å². The number of imidazole rings is 1. The van der Waals surface area contributed by atoms with Crippen LogP contribution in [0.4, 0.5) is 10.2 Å². The van der Waals surface area contributed by atoms with Gasteiger partial charge in [0.05, 0.1) is 12.2 Å². The first-order valence-corrected chi connectivity index (χ1v) is 8.63. The smallest absolute Gasteiger partial charge is 0.222 e. The molecule has 4 aromatic rings. The normalized spacial score (nSPS) is 18.6. The van der Waals surface area contributed by atoms with Crippen LogP contribution in [0.15, 0.2) is 49.1 Å². The molecule has 3 aromatic heterocycles. The Labute approximate surface area is 154 Å². The van der Waals surface area contributed by atoms with Crippen molar-refractivity contribution in [2.75, 3.05) is 11.4 Å². The predicted octanol–water partition coefficient (Wildman–Crippen LogP) is 2.43. The second-order valence-electron chi connectivity index (χ2n) is 7.35. The van der Waals surface area contributed by atoms with Crippen LogP contribution in [0.1, 0.15) is 25.7 Å². The number of benzene rings is 1. The van der Waals surface area contributed by atoms with E-state index in [1.165, 1.54) is 12.1 Å². The second-order valence-corrected chi connectivity index (χ2v) is 7.35. The Morgan fingerprint density at radius 2 is 1.85 bits per heavy atom. The number of tetrazole rings is 1. The van der Waals surface area contributed by atoms with Gasteiger partial charge in [0.2, 0.25) is 5.65 Å². The molecule has 1 unspecified atom stereocenters. The molecule has 0 amide bonds. The monoisotopic (exact) mass is 364 g/mol. The molecule has 1 fully saturated rings. The van der Waals surface area contributed by atoms with Crippen molar-refractivity contribution >= 4 is 11.5 Å². The molecular weight excluding hydrogens is 347 g/mol. The largest absolute Gasteiger partial charge is 0.342 e. The third-order valence-corrected chi connectivity index (χ3v) is 5.02. The van der Waals surface area contributed by atoms with Gasteiger partial charge in [0.25, 0.3) is 0 Å². The molecule has 4 heterocycles. The Bertz CT molecular complexity index is 1110. The van der Waals surface area contributed by atoms with Gasteiger partial charge in [0.1, 0.15) is 11.6 Å². The van der Waals surface area contributed by atoms with E-state index in [4.69, 9.17) is 0 Å². The second kappa shape index (κ2) is 5.57. The van der Waals surface area contributed by atoms with Gasteiger partial charge in [-0.15, -0.1) is 5.10 Å². The zero-order valence-corrected chi connectivity index (χ0v) is 14.9. The number of hydrogen-bond donors (Lipinski definition) is 0. The highest BCUT2D eigenvalue weighted by Crippen LogP contribution is 2.50. The predicted molar refractivity (Wildman–Crippen MR) is 96.0 cm³/mol. The summed E-state index contributed by atoms with van der Waals surface area (Å²) in [7, 11) is 0. The average Bonchev–Trinajstić information content (AvgIpc) is 3.30. The molecule has 1 atom stereocenters. The fourth-order valence-electron chi connectivity index (χ4n) is 3.82. The Balaban J connectivity index is 1.60. The van der Waals surface area contributed by atoms with Crippen LogP contribution < -0.4 is 4.90 Å². The quantitative estimate of drug-likeness (QED) is 0.556. The zero-order valence-electron chi connectivity index (χ0n) is 14.9. The van der Waals surface area contributed by atoms with Crippen LogP contribution in [-0.2, 0) is 0 Å². The number of aromatic nitrogens is 7. The summed E-state index contributed by atoms with van der Waals surface area (Å²) in [6.07, 6.45) is 7.06. The number of nitrogens with zero attached hydrogens (tertiary/aromatic N) is 8. The molecule has 0 spiro atoms. The van der Waals surface area contributed by atoms with E-state index >= 15 is 0 Å². The Morgan fingerprint density at radius 1 is 1.07 bits per heavy atom. The van der Waals surface area contributed by atoms with E-state index in [1.807, 2.05) is 10.8 Å². The average molecular weight is 364 g/mol.